The maximum Gasteiger partial charge on any atom is 0.308 e. The molecule has 3 N–H and O–H groups in total. The molecular weight excluding hydrogens is 698 g/mol. The predicted molar refractivity (Wildman–Crippen MR) is 204 cm³/mol. The summed E-state index contributed by atoms with van der Waals surface area (Å²) in [5.74, 6) is -2.15. The number of nitrogens with zero attached hydrogens (tertiary/aromatic N) is 3. The fourth-order valence-electron chi connectivity index (χ4n) is 7.80. The number of aromatic nitrogens is 1. The number of esters is 1. The van der Waals surface area contributed by atoms with Crippen molar-refractivity contribution in [2.45, 2.75) is 129 Å². The van der Waals surface area contributed by atoms with Gasteiger partial charge in [-0.25, -0.2) is 9.37 Å². The summed E-state index contributed by atoms with van der Waals surface area (Å²) >= 11 is 1.18. The molecule has 3 amide bonds. The molecule has 1 aliphatic heterocycles. The van der Waals surface area contributed by atoms with Gasteiger partial charge in [-0.05, 0) is 75.2 Å². The minimum absolute atomic E-state index is 0.0180. The normalized spacial score (nSPS) is 23.0. The van der Waals surface area contributed by atoms with E-state index in [1.807, 2.05) is 46.6 Å². The third kappa shape index (κ3) is 10.4. The number of nitrogens with one attached hydrogen (secondary N) is 2. The van der Waals surface area contributed by atoms with Crippen LogP contribution in [0.3, 0.4) is 0 Å². The topological polar surface area (TPSA) is 141 Å². The molecule has 2 aliphatic rings. The van der Waals surface area contributed by atoms with Crippen molar-refractivity contribution in [3.8, 4) is 0 Å². The first kappa shape index (κ1) is 42.3. The lowest BCUT2D eigenvalue weighted by Gasteiger charge is -2.39. The highest BCUT2D eigenvalue weighted by Gasteiger charge is 2.57. The minimum Gasteiger partial charge on any atom is -0.469 e. The van der Waals surface area contributed by atoms with Crippen molar-refractivity contribution in [2.75, 3.05) is 27.2 Å². The van der Waals surface area contributed by atoms with Crippen molar-refractivity contribution >= 4 is 35.0 Å². The Labute approximate surface area is 318 Å². The van der Waals surface area contributed by atoms with Crippen LogP contribution in [0.25, 0.3) is 0 Å². The number of carbonyl (C=O) groups excluding carboxylic acids is 4. The molecule has 2 aromatic rings. The first-order valence-electron chi connectivity index (χ1n) is 19.3. The molecule has 1 aliphatic carbocycles. The SMILES string of the molecule is CCCN(C(=O)[C@@H](NC(=O)C1CCCCN1C)C(C)CC)C(C[C@@H](O)c1nc(C(=O)NC2(C[C@H](C)C(=O)OC)CC2c2ccc(F)cc2)cs1)C(C)C. The van der Waals surface area contributed by atoms with Crippen LogP contribution in [-0.4, -0.2) is 94.5 Å². The van der Waals surface area contributed by atoms with Crippen LogP contribution in [0.2, 0.25) is 0 Å². The molecule has 11 nitrogen and oxygen atoms in total. The van der Waals surface area contributed by atoms with E-state index in [1.54, 1.807) is 24.4 Å². The van der Waals surface area contributed by atoms with Crippen molar-refractivity contribution in [1.82, 2.24) is 25.4 Å². The maximum absolute atomic E-state index is 14.4. The summed E-state index contributed by atoms with van der Waals surface area (Å²) in [5, 5.41) is 19.8. The van der Waals surface area contributed by atoms with Crippen LogP contribution in [0.1, 0.15) is 126 Å². The van der Waals surface area contributed by atoms with Gasteiger partial charge in [0, 0.05) is 35.8 Å². The van der Waals surface area contributed by atoms with Gasteiger partial charge in [0.05, 0.1) is 19.1 Å². The molecule has 2 heterocycles. The van der Waals surface area contributed by atoms with Gasteiger partial charge in [0.1, 0.15) is 28.7 Å². The van der Waals surface area contributed by atoms with Gasteiger partial charge in [-0.15, -0.1) is 11.3 Å². The number of hydrogen-bond acceptors (Lipinski definition) is 9. The number of benzene rings is 1. The van der Waals surface area contributed by atoms with Gasteiger partial charge < -0.3 is 25.4 Å². The van der Waals surface area contributed by atoms with Gasteiger partial charge in [-0.1, -0.05) is 66.5 Å². The Morgan fingerprint density at radius 3 is 2.43 bits per heavy atom. The summed E-state index contributed by atoms with van der Waals surface area (Å²) in [6, 6.07) is 4.84. The smallest absolute Gasteiger partial charge is 0.308 e. The molecule has 1 aromatic carbocycles. The average molecular weight is 758 g/mol. The van der Waals surface area contributed by atoms with Crippen molar-refractivity contribution in [3.05, 3.63) is 51.7 Å². The van der Waals surface area contributed by atoms with Crippen LogP contribution >= 0.6 is 11.3 Å². The predicted octanol–water partition coefficient (Wildman–Crippen LogP) is 5.84. The van der Waals surface area contributed by atoms with E-state index < -0.39 is 29.5 Å². The van der Waals surface area contributed by atoms with Gasteiger partial charge in [-0.3, -0.25) is 24.1 Å². The fourth-order valence-corrected chi connectivity index (χ4v) is 8.60. The van der Waals surface area contributed by atoms with E-state index in [1.165, 1.54) is 30.6 Å². The summed E-state index contributed by atoms with van der Waals surface area (Å²) in [4.78, 5) is 62.4. The van der Waals surface area contributed by atoms with Crippen LogP contribution in [0.5, 0.6) is 0 Å². The van der Waals surface area contributed by atoms with Crippen LogP contribution in [0.15, 0.2) is 29.6 Å². The number of aliphatic hydroxyl groups is 1. The molecule has 5 unspecified atom stereocenters. The highest BCUT2D eigenvalue weighted by molar-refractivity contribution is 7.09. The Hall–Kier alpha value is -3.42. The van der Waals surface area contributed by atoms with Gasteiger partial charge in [-0.2, -0.15) is 0 Å². The number of amides is 3. The molecule has 8 atom stereocenters. The van der Waals surface area contributed by atoms with Crippen LogP contribution in [0, 0.1) is 23.6 Å². The Morgan fingerprint density at radius 2 is 1.83 bits per heavy atom. The fraction of sp³-hybridized carbons (Fsp3) is 0.675. The second kappa shape index (κ2) is 18.8. The van der Waals surface area contributed by atoms with Crippen LogP contribution in [0.4, 0.5) is 4.39 Å². The average Bonchev–Trinajstić information content (AvgIpc) is 3.57. The van der Waals surface area contributed by atoms with Crippen LogP contribution < -0.4 is 10.6 Å². The summed E-state index contributed by atoms with van der Waals surface area (Å²) in [5.41, 5.74) is 0.261. The van der Waals surface area contributed by atoms with E-state index in [9.17, 15) is 28.7 Å². The molecule has 2 fully saturated rings. The van der Waals surface area contributed by atoms with Gasteiger partial charge in [0.15, 0.2) is 0 Å². The minimum atomic E-state index is -1.05. The number of carbonyl (C=O) groups is 4. The number of likely N-dealkylation sites (tertiary alicyclic amines) is 1. The first-order chi connectivity index (χ1) is 25.2. The molecule has 13 heteroatoms. The highest BCUT2D eigenvalue weighted by atomic mass is 32.1. The second-order valence-electron chi connectivity index (χ2n) is 15.6. The number of halogens is 1. The molecule has 53 heavy (non-hydrogen) atoms. The van der Waals surface area contributed by atoms with Crippen molar-refractivity contribution in [2.24, 2.45) is 17.8 Å². The molecule has 0 bridgehead atoms. The van der Waals surface area contributed by atoms with Crippen molar-refractivity contribution < 1.29 is 33.4 Å². The maximum atomic E-state index is 14.4. The number of thiazole rings is 1. The van der Waals surface area contributed by atoms with Crippen LogP contribution in [-0.2, 0) is 19.1 Å². The highest BCUT2D eigenvalue weighted by Crippen LogP contribution is 2.55. The number of piperidine rings is 1. The molecule has 294 valence electrons. The zero-order chi connectivity index (χ0) is 39.0. The van der Waals surface area contributed by atoms with Gasteiger partial charge >= 0.3 is 5.97 Å². The Balaban J connectivity index is 1.50. The Kier molecular flexibility index (Phi) is 15.0. The quantitative estimate of drug-likeness (QED) is 0.161. The lowest BCUT2D eigenvalue weighted by molar-refractivity contribution is -0.145. The molecule has 1 saturated carbocycles. The molecule has 4 rings (SSSR count). The number of likely N-dealkylation sites (N-methyl/N-ethyl adjacent to an activating group) is 1. The number of rotatable bonds is 18. The van der Waals surface area contributed by atoms with E-state index >= 15 is 0 Å². The number of methoxy groups -OCH3 is 1. The number of ether oxygens (including phenoxy) is 1. The largest absolute Gasteiger partial charge is 0.469 e. The number of hydrogen-bond donors (Lipinski definition) is 3. The first-order valence-corrected chi connectivity index (χ1v) is 20.1. The molecule has 0 radical (unpaired) electrons. The number of aliphatic hydroxyl groups excluding tert-OH is 1. The summed E-state index contributed by atoms with van der Waals surface area (Å²) in [7, 11) is 3.29. The molecule has 1 aromatic heterocycles. The third-order valence-corrected chi connectivity index (χ3v) is 12.2. The van der Waals surface area contributed by atoms with E-state index in [0.29, 0.717) is 37.2 Å². The van der Waals surface area contributed by atoms with Gasteiger partial charge in [0.2, 0.25) is 11.8 Å². The molecular formula is C40H60FN5O6S. The molecule has 1 saturated heterocycles. The second-order valence-corrected chi connectivity index (χ2v) is 16.5. The lowest BCUT2D eigenvalue weighted by Crippen LogP contribution is -2.58. The summed E-state index contributed by atoms with van der Waals surface area (Å²) in [6.07, 6.45) is 4.27. The lowest BCUT2D eigenvalue weighted by atomic mass is 9.92. The monoisotopic (exact) mass is 757 g/mol. The van der Waals surface area contributed by atoms with E-state index in [4.69, 9.17) is 4.74 Å². The van der Waals surface area contributed by atoms with E-state index in [0.717, 1.165) is 31.4 Å². The van der Waals surface area contributed by atoms with Crippen molar-refractivity contribution in [3.63, 3.8) is 0 Å². The van der Waals surface area contributed by atoms with E-state index in [2.05, 4.69) is 20.5 Å². The van der Waals surface area contributed by atoms with Gasteiger partial charge in [0.25, 0.3) is 5.91 Å². The molecule has 0 spiro atoms. The third-order valence-electron chi connectivity index (χ3n) is 11.3. The zero-order valence-corrected chi connectivity index (χ0v) is 33.5. The zero-order valence-electron chi connectivity index (χ0n) is 32.7. The summed E-state index contributed by atoms with van der Waals surface area (Å²) in [6.45, 7) is 13.1. The Bertz CT molecular complexity index is 1550. The summed E-state index contributed by atoms with van der Waals surface area (Å²) < 4.78 is 18.6. The van der Waals surface area contributed by atoms with E-state index in [-0.39, 0.29) is 65.6 Å². The van der Waals surface area contributed by atoms with Crippen molar-refractivity contribution in [1.29, 1.82) is 0 Å². The Morgan fingerprint density at radius 1 is 1.13 bits per heavy atom. The standard InChI is InChI=1S/C40H60FN5O6S/c1-9-18-46(38(50)34(25(5)10-2)43-36(49)31-13-11-12-19-45(31)7)32(24(3)4)20-33(47)37-42-30(23-53-37)35(48)44-40(21-26(6)39(51)52-8)22-29(40)27-14-16-28(41)17-15-27/h14-17,23-26,29,31-34,47H,9-13,18-22H2,1-8H3,(H,43,49)(H,44,48)/t25?,26-,29?,31?,32?,33+,34-,40?/m0/s1.